The second-order valence-corrected chi connectivity index (χ2v) is 6.29. The van der Waals surface area contributed by atoms with Crippen LogP contribution in [0, 0.1) is 13.8 Å². The van der Waals surface area contributed by atoms with Crippen LogP contribution in [0.25, 0.3) is 0 Å². The van der Waals surface area contributed by atoms with Crippen LogP contribution in [0.1, 0.15) is 62.2 Å². The number of hydrogen-bond acceptors (Lipinski definition) is 3. The van der Waals surface area contributed by atoms with Gasteiger partial charge in [0.2, 0.25) is 5.91 Å². The molecule has 3 amide bonds. The summed E-state index contributed by atoms with van der Waals surface area (Å²) < 4.78 is 5.47. The van der Waals surface area contributed by atoms with Crippen LogP contribution in [0.5, 0.6) is 0 Å². The molecule has 1 heterocycles. The van der Waals surface area contributed by atoms with Crippen LogP contribution >= 0.6 is 0 Å². The average Bonchev–Trinajstić information content (AvgIpc) is 3.08. The zero-order valence-electron chi connectivity index (χ0n) is 14.2. The van der Waals surface area contributed by atoms with E-state index in [1.54, 1.807) is 0 Å². The number of carbonyl (C=O) groups is 2. The van der Waals surface area contributed by atoms with Crippen molar-refractivity contribution in [2.75, 3.05) is 6.54 Å². The Hall–Kier alpha value is -1.98. The number of aryl methyl sites for hydroxylation is 2. The Bertz CT molecular complexity index is 547. The van der Waals surface area contributed by atoms with E-state index in [0.717, 1.165) is 29.9 Å². The highest BCUT2D eigenvalue weighted by Gasteiger charge is 2.17. The normalized spacial score (nSPS) is 16.1. The van der Waals surface area contributed by atoms with Gasteiger partial charge in [-0.05, 0) is 39.7 Å². The van der Waals surface area contributed by atoms with Crippen molar-refractivity contribution in [3.05, 3.63) is 23.2 Å². The molecule has 3 N–H and O–H groups in total. The van der Waals surface area contributed by atoms with Crippen LogP contribution in [0.15, 0.2) is 10.5 Å². The highest BCUT2D eigenvalue weighted by molar-refractivity contribution is 5.78. The van der Waals surface area contributed by atoms with Crippen LogP contribution in [0.2, 0.25) is 0 Å². The quantitative estimate of drug-likeness (QED) is 0.753. The lowest BCUT2D eigenvalue weighted by Gasteiger charge is -2.15. The first-order valence-corrected chi connectivity index (χ1v) is 8.36. The molecule has 0 bridgehead atoms. The average molecular weight is 321 g/mol. The number of rotatable bonds is 6. The van der Waals surface area contributed by atoms with E-state index in [1.807, 2.05) is 26.8 Å². The van der Waals surface area contributed by atoms with Gasteiger partial charge in [0.1, 0.15) is 11.5 Å². The third-order valence-electron chi connectivity index (χ3n) is 4.25. The molecule has 23 heavy (non-hydrogen) atoms. The van der Waals surface area contributed by atoms with Gasteiger partial charge in [-0.2, -0.15) is 0 Å². The molecule has 0 aliphatic heterocycles. The molecule has 1 aliphatic rings. The Kier molecular flexibility index (Phi) is 6.07. The van der Waals surface area contributed by atoms with Crippen LogP contribution in [0.3, 0.4) is 0 Å². The Morgan fingerprint density at radius 2 is 2.00 bits per heavy atom. The second kappa shape index (κ2) is 8.04. The van der Waals surface area contributed by atoms with Crippen molar-refractivity contribution in [3.8, 4) is 0 Å². The Labute approximate surface area is 137 Å². The van der Waals surface area contributed by atoms with Gasteiger partial charge in [0.05, 0.1) is 6.04 Å². The number of nitrogens with one attached hydrogen (secondary N) is 3. The molecule has 0 saturated heterocycles. The highest BCUT2D eigenvalue weighted by Crippen LogP contribution is 2.21. The van der Waals surface area contributed by atoms with Gasteiger partial charge in [0.25, 0.3) is 0 Å². The topological polar surface area (TPSA) is 83.4 Å². The van der Waals surface area contributed by atoms with Crippen LogP contribution in [-0.4, -0.2) is 24.5 Å². The summed E-state index contributed by atoms with van der Waals surface area (Å²) in [7, 11) is 0. The molecule has 1 saturated carbocycles. The van der Waals surface area contributed by atoms with Crippen molar-refractivity contribution >= 4 is 11.9 Å². The van der Waals surface area contributed by atoms with Gasteiger partial charge in [-0.15, -0.1) is 0 Å². The first kappa shape index (κ1) is 17.4. The van der Waals surface area contributed by atoms with Gasteiger partial charge in [0.15, 0.2) is 0 Å². The maximum Gasteiger partial charge on any atom is 0.315 e. The lowest BCUT2D eigenvalue weighted by Crippen LogP contribution is -2.40. The van der Waals surface area contributed by atoms with E-state index in [2.05, 4.69) is 16.0 Å². The van der Waals surface area contributed by atoms with Crippen molar-refractivity contribution in [1.29, 1.82) is 0 Å². The summed E-state index contributed by atoms with van der Waals surface area (Å²) in [6.07, 6.45) is 4.83. The molecule has 1 atom stereocenters. The van der Waals surface area contributed by atoms with Gasteiger partial charge in [-0.25, -0.2) is 4.79 Å². The van der Waals surface area contributed by atoms with Crippen molar-refractivity contribution in [2.45, 2.75) is 65.0 Å². The number of carbonyl (C=O) groups excluding carboxylic acids is 2. The summed E-state index contributed by atoms with van der Waals surface area (Å²) in [5.41, 5.74) is 0.969. The predicted molar refractivity (Wildman–Crippen MR) is 88.1 cm³/mol. The summed E-state index contributed by atoms with van der Waals surface area (Å²) in [4.78, 5) is 23.7. The molecular formula is C17H27N3O3. The zero-order valence-corrected chi connectivity index (χ0v) is 14.2. The molecule has 6 nitrogen and oxygen atoms in total. The molecule has 0 aromatic carbocycles. The van der Waals surface area contributed by atoms with Crippen LogP contribution in [0.4, 0.5) is 4.79 Å². The number of furan rings is 1. The van der Waals surface area contributed by atoms with E-state index in [4.69, 9.17) is 4.42 Å². The summed E-state index contributed by atoms with van der Waals surface area (Å²) in [6.45, 7) is 6.00. The Morgan fingerprint density at radius 3 is 2.61 bits per heavy atom. The summed E-state index contributed by atoms with van der Waals surface area (Å²) in [5, 5.41) is 8.59. The van der Waals surface area contributed by atoms with Gasteiger partial charge >= 0.3 is 6.03 Å². The predicted octanol–water partition coefficient (Wildman–Crippen LogP) is 2.71. The van der Waals surface area contributed by atoms with E-state index in [0.29, 0.717) is 19.0 Å². The van der Waals surface area contributed by atoms with E-state index in [-0.39, 0.29) is 18.0 Å². The zero-order chi connectivity index (χ0) is 16.8. The summed E-state index contributed by atoms with van der Waals surface area (Å²) in [6, 6.07) is 1.84. The lowest BCUT2D eigenvalue weighted by atomic mass is 10.1. The standard InChI is InChI=1S/C17H27N3O3/c1-11-10-15(13(3)23-11)12(2)19-17(22)18-9-8-16(21)20-14-6-4-5-7-14/h10,12,14H,4-9H2,1-3H3,(H,20,21)(H2,18,19,22)/t12-/m0/s1. The van der Waals surface area contributed by atoms with Crippen molar-refractivity contribution in [2.24, 2.45) is 0 Å². The fraction of sp³-hybridized carbons (Fsp3) is 0.647. The molecule has 1 aliphatic carbocycles. The molecule has 0 unspecified atom stereocenters. The SMILES string of the molecule is Cc1cc([C@H](C)NC(=O)NCCC(=O)NC2CCCC2)c(C)o1. The van der Waals surface area contributed by atoms with E-state index >= 15 is 0 Å². The van der Waals surface area contributed by atoms with Crippen molar-refractivity contribution in [1.82, 2.24) is 16.0 Å². The first-order valence-electron chi connectivity index (χ1n) is 8.36. The molecule has 0 radical (unpaired) electrons. The molecule has 128 valence electrons. The molecule has 1 aromatic heterocycles. The molecule has 2 rings (SSSR count). The summed E-state index contributed by atoms with van der Waals surface area (Å²) >= 11 is 0. The summed E-state index contributed by atoms with van der Waals surface area (Å²) in [5.74, 6) is 1.65. The second-order valence-electron chi connectivity index (χ2n) is 6.29. The number of hydrogen-bond donors (Lipinski definition) is 3. The molecule has 1 fully saturated rings. The van der Waals surface area contributed by atoms with E-state index in [9.17, 15) is 9.59 Å². The maximum atomic E-state index is 11.9. The minimum Gasteiger partial charge on any atom is -0.466 e. The van der Waals surface area contributed by atoms with Crippen LogP contribution < -0.4 is 16.0 Å². The highest BCUT2D eigenvalue weighted by atomic mass is 16.3. The lowest BCUT2D eigenvalue weighted by molar-refractivity contribution is -0.121. The fourth-order valence-electron chi connectivity index (χ4n) is 3.07. The molecular weight excluding hydrogens is 294 g/mol. The minimum absolute atomic E-state index is 0.00607. The van der Waals surface area contributed by atoms with Gasteiger partial charge in [-0.1, -0.05) is 12.8 Å². The van der Waals surface area contributed by atoms with Gasteiger partial charge in [0, 0.05) is 24.6 Å². The van der Waals surface area contributed by atoms with E-state index < -0.39 is 0 Å². The first-order chi connectivity index (χ1) is 11.0. The largest absolute Gasteiger partial charge is 0.466 e. The Morgan fingerprint density at radius 1 is 1.30 bits per heavy atom. The van der Waals surface area contributed by atoms with Gasteiger partial charge in [-0.3, -0.25) is 4.79 Å². The third-order valence-corrected chi connectivity index (χ3v) is 4.25. The smallest absolute Gasteiger partial charge is 0.315 e. The van der Waals surface area contributed by atoms with E-state index in [1.165, 1.54) is 12.8 Å². The third kappa shape index (κ3) is 5.30. The Balaban J connectivity index is 1.66. The van der Waals surface area contributed by atoms with Crippen molar-refractivity contribution < 1.29 is 14.0 Å². The minimum atomic E-state index is -0.274. The fourth-order valence-corrected chi connectivity index (χ4v) is 3.07. The molecule has 0 spiro atoms. The monoisotopic (exact) mass is 321 g/mol. The number of urea groups is 1. The van der Waals surface area contributed by atoms with Gasteiger partial charge < -0.3 is 20.4 Å². The van der Waals surface area contributed by atoms with Crippen molar-refractivity contribution in [3.63, 3.8) is 0 Å². The van der Waals surface area contributed by atoms with Crippen LogP contribution in [-0.2, 0) is 4.79 Å². The number of amides is 3. The molecule has 1 aromatic rings. The maximum absolute atomic E-state index is 11.9. The molecule has 6 heteroatoms.